The number of nitrogens with zero attached hydrogens (tertiary/aromatic N) is 1. The second-order valence-electron chi connectivity index (χ2n) is 6.40. The Bertz CT molecular complexity index is 835. The van der Waals surface area contributed by atoms with E-state index in [0.717, 1.165) is 27.7 Å². The van der Waals surface area contributed by atoms with E-state index in [4.69, 9.17) is 0 Å². The molecule has 3 atom stereocenters. The van der Waals surface area contributed by atoms with Crippen LogP contribution < -0.4 is 4.90 Å². The minimum atomic E-state index is -0.878. The number of fused-ring (bicyclic) bond motifs is 1. The molecule has 2 aromatic carbocycles. The van der Waals surface area contributed by atoms with E-state index in [1.54, 1.807) is 11.0 Å². The van der Waals surface area contributed by atoms with Crippen LogP contribution >= 0.6 is 15.9 Å². The standard InChI is InChI=1S/C19H16BrNO3/c20-12-5-3-4-11(8-12)14-9-15(14)18(22)21-10-16(19(23)24)13-6-1-2-7-17(13)21/h1-8,14-16H,9-10H2,(H,23,24). The second-order valence-corrected chi connectivity index (χ2v) is 7.32. The molecule has 5 heteroatoms. The molecule has 4 rings (SSSR count). The first kappa shape index (κ1) is 15.4. The predicted molar refractivity (Wildman–Crippen MR) is 94.2 cm³/mol. The number of para-hydroxylation sites is 1. The van der Waals surface area contributed by atoms with Crippen molar-refractivity contribution >= 4 is 33.5 Å². The van der Waals surface area contributed by atoms with Crippen LogP contribution in [0.2, 0.25) is 0 Å². The normalized spacial score (nSPS) is 24.5. The van der Waals surface area contributed by atoms with Crippen molar-refractivity contribution in [2.45, 2.75) is 18.3 Å². The summed E-state index contributed by atoms with van der Waals surface area (Å²) in [6.45, 7) is 0.231. The molecule has 1 saturated carbocycles. The van der Waals surface area contributed by atoms with Gasteiger partial charge in [-0.25, -0.2) is 0 Å². The van der Waals surface area contributed by atoms with Crippen molar-refractivity contribution in [2.24, 2.45) is 5.92 Å². The van der Waals surface area contributed by atoms with Crippen LogP contribution in [-0.4, -0.2) is 23.5 Å². The number of carboxylic acid groups (broad SMARTS) is 1. The fourth-order valence-electron chi connectivity index (χ4n) is 3.60. The Labute approximate surface area is 148 Å². The van der Waals surface area contributed by atoms with Crippen LogP contribution in [0.3, 0.4) is 0 Å². The van der Waals surface area contributed by atoms with E-state index in [1.807, 2.05) is 36.4 Å². The highest BCUT2D eigenvalue weighted by molar-refractivity contribution is 9.10. The number of carbonyl (C=O) groups excluding carboxylic acids is 1. The van der Waals surface area contributed by atoms with E-state index in [2.05, 4.69) is 22.0 Å². The molecule has 1 fully saturated rings. The van der Waals surface area contributed by atoms with E-state index >= 15 is 0 Å². The quantitative estimate of drug-likeness (QED) is 0.874. The number of anilines is 1. The van der Waals surface area contributed by atoms with Crippen LogP contribution in [0.15, 0.2) is 53.0 Å². The number of hydrogen-bond donors (Lipinski definition) is 1. The smallest absolute Gasteiger partial charge is 0.312 e. The Morgan fingerprint density at radius 1 is 1.12 bits per heavy atom. The van der Waals surface area contributed by atoms with Gasteiger partial charge in [0, 0.05) is 22.6 Å². The zero-order valence-corrected chi connectivity index (χ0v) is 14.4. The van der Waals surface area contributed by atoms with Crippen molar-refractivity contribution in [3.63, 3.8) is 0 Å². The molecule has 1 aliphatic heterocycles. The molecule has 2 aromatic rings. The number of rotatable bonds is 3. The molecule has 1 amide bonds. The molecule has 2 aliphatic rings. The minimum Gasteiger partial charge on any atom is -0.481 e. The molecule has 1 N–H and O–H groups in total. The topological polar surface area (TPSA) is 57.6 Å². The van der Waals surface area contributed by atoms with Crippen LogP contribution in [0.25, 0.3) is 0 Å². The molecule has 4 nitrogen and oxygen atoms in total. The highest BCUT2D eigenvalue weighted by Crippen LogP contribution is 2.50. The molecule has 1 aliphatic carbocycles. The van der Waals surface area contributed by atoms with Gasteiger partial charge >= 0.3 is 5.97 Å². The summed E-state index contributed by atoms with van der Waals surface area (Å²) in [5.74, 6) is -1.30. The van der Waals surface area contributed by atoms with Gasteiger partial charge in [-0.15, -0.1) is 0 Å². The maximum absolute atomic E-state index is 12.9. The number of halogens is 1. The second kappa shape index (κ2) is 5.74. The van der Waals surface area contributed by atoms with Crippen LogP contribution in [0, 0.1) is 5.92 Å². The molecule has 0 spiro atoms. The first-order chi connectivity index (χ1) is 11.6. The molecule has 0 aromatic heterocycles. The van der Waals surface area contributed by atoms with Gasteiger partial charge in [0.15, 0.2) is 0 Å². The van der Waals surface area contributed by atoms with Crippen LogP contribution in [0.5, 0.6) is 0 Å². The maximum Gasteiger partial charge on any atom is 0.312 e. The lowest BCUT2D eigenvalue weighted by Crippen LogP contribution is -2.32. The van der Waals surface area contributed by atoms with Crippen LogP contribution in [-0.2, 0) is 9.59 Å². The van der Waals surface area contributed by atoms with E-state index in [9.17, 15) is 14.7 Å². The SMILES string of the molecule is O=C(O)C1CN(C(=O)C2CC2c2cccc(Br)c2)c2ccccc21. The predicted octanol–water partition coefficient (Wildman–Crippen LogP) is 3.77. The van der Waals surface area contributed by atoms with E-state index in [0.29, 0.717) is 0 Å². The number of amides is 1. The summed E-state index contributed by atoms with van der Waals surface area (Å²) in [6.07, 6.45) is 0.825. The molecule has 24 heavy (non-hydrogen) atoms. The minimum absolute atomic E-state index is 0.0381. The molecular formula is C19H16BrNO3. The number of carbonyl (C=O) groups is 2. The zero-order valence-electron chi connectivity index (χ0n) is 12.9. The average molecular weight is 386 g/mol. The van der Waals surface area contributed by atoms with Gasteiger partial charge in [0.25, 0.3) is 0 Å². The van der Waals surface area contributed by atoms with Gasteiger partial charge < -0.3 is 10.0 Å². The van der Waals surface area contributed by atoms with Crippen molar-refractivity contribution < 1.29 is 14.7 Å². The first-order valence-electron chi connectivity index (χ1n) is 7.95. The van der Waals surface area contributed by atoms with Crippen molar-refractivity contribution in [1.82, 2.24) is 0 Å². The lowest BCUT2D eigenvalue weighted by molar-refractivity contribution is -0.138. The average Bonchev–Trinajstić information content (AvgIpc) is 3.27. The largest absolute Gasteiger partial charge is 0.481 e. The lowest BCUT2D eigenvalue weighted by atomic mass is 10.0. The number of aliphatic carboxylic acids is 1. The van der Waals surface area contributed by atoms with Crippen molar-refractivity contribution in [1.29, 1.82) is 0 Å². The third kappa shape index (κ3) is 2.53. The Morgan fingerprint density at radius 2 is 1.92 bits per heavy atom. The summed E-state index contributed by atoms with van der Waals surface area (Å²) < 4.78 is 1.01. The summed E-state index contributed by atoms with van der Waals surface area (Å²) in [4.78, 5) is 26.1. The molecular weight excluding hydrogens is 370 g/mol. The summed E-state index contributed by atoms with van der Waals surface area (Å²) >= 11 is 3.47. The Kier molecular flexibility index (Phi) is 3.68. The summed E-state index contributed by atoms with van der Waals surface area (Å²) in [5, 5.41) is 9.43. The molecule has 1 heterocycles. The third-order valence-corrected chi connectivity index (χ3v) is 5.41. The van der Waals surface area contributed by atoms with E-state index in [-0.39, 0.29) is 24.3 Å². The van der Waals surface area contributed by atoms with Gasteiger partial charge in [-0.2, -0.15) is 0 Å². The molecule has 0 bridgehead atoms. The fraction of sp³-hybridized carbons (Fsp3) is 0.263. The molecule has 3 unspecified atom stereocenters. The van der Waals surface area contributed by atoms with Gasteiger partial charge in [0.05, 0.1) is 0 Å². The highest BCUT2D eigenvalue weighted by Gasteiger charge is 2.48. The number of hydrogen-bond acceptors (Lipinski definition) is 2. The Hall–Kier alpha value is -2.14. The molecule has 0 radical (unpaired) electrons. The monoisotopic (exact) mass is 385 g/mol. The summed E-state index contributed by atoms with van der Waals surface area (Å²) in [6, 6.07) is 15.4. The summed E-state index contributed by atoms with van der Waals surface area (Å²) in [7, 11) is 0. The van der Waals surface area contributed by atoms with Gasteiger partial charge in [0.2, 0.25) is 5.91 Å². The van der Waals surface area contributed by atoms with Gasteiger partial charge in [-0.3, -0.25) is 9.59 Å². The van der Waals surface area contributed by atoms with Gasteiger partial charge in [-0.1, -0.05) is 46.3 Å². The maximum atomic E-state index is 12.9. The Balaban J connectivity index is 1.57. The molecule has 122 valence electrons. The van der Waals surface area contributed by atoms with Crippen LogP contribution in [0.4, 0.5) is 5.69 Å². The number of carboxylic acids is 1. The van der Waals surface area contributed by atoms with Crippen molar-refractivity contribution in [2.75, 3.05) is 11.4 Å². The van der Waals surface area contributed by atoms with Crippen molar-refractivity contribution in [3.05, 3.63) is 64.1 Å². The fourth-order valence-corrected chi connectivity index (χ4v) is 4.02. The van der Waals surface area contributed by atoms with Gasteiger partial charge in [0.1, 0.15) is 5.92 Å². The first-order valence-corrected chi connectivity index (χ1v) is 8.74. The molecule has 0 saturated heterocycles. The van der Waals surface area contributed by atoms with Gasteiger partial charge in [-0.05, 0) is 41.7 Å². The number of benzene rings is 2. The lowest BCUT2D eigenvalue weighted by Gasteiger charge is -2.17. The summed E-state index contributed by atoms with van der Waals surface area (Å²) in [5.41, 5.74) is 2.64. The zero-order chi connectivity index (χ0) is 16.8. The van der Waals surface area contributed by atoms with Crippen LogP contribution in [0.1, 0.15) is 29.4 Å². The highest BCUT2D eigenvalue weighted by atomic mass is 79.9. The van der Waals surface area contributed by atoms with E-state index in [1.165, 1.54) is 0 Å². The third-order valence-electron chi connectivity index (χ3n) is 4.92. The Morgan fingerprint density at radius 3 is 2.67 bits per heavy atom. The van der Waals surface area contributed by atoms with Crippen molar-refractivity contribution in [3.8, 4) is 0 Å². The van der Waals surface area contributed by atoms with E-state index < -0.39 is 11.9 Å².